The lowest BCUT2D eigenvalue weighted by molar-refractivity contribution is -0.0270. The first-order chi connectivity index (χ1) is 11.1. The molecule has 1 spiro atoms. The Morgan fingerprint density at radius 2 is 2.17 bits per heavy atom. The number of hydrogen-bond donors (Lipinski definition) is 0. The lowest BCUT2D eigenvalue weighted by atomic mass is 9.81. The van der Waals surface area contributed by atoms with Gasteiger partial charge in [0.2, 0.25) is 0 Å². The van der Waals surface area contributed by atoms with Gasteiger partial charge >= 0.3 is 5.97 Å². The maximum absolute atomic E-state index is 12.1. The molecule has 2 aliphatic heterocycles. The lowest BCUT2D eigenvalue weighted by Gasteiger charge is -2.43. The van der Waals surface area contributed by atoms with E-state index in [1.807, 2.05) is 25.3 Å². The van der Waals surface area contributed by atoms with Crippen LogP contribution >= 0.6 is 0 Å². The van der Waals surface area contributed by atoms with Gasteiger partial charge in [-0.2, -0.15) is 0 Å². The molecule has 0 N–H and O–H groups in total. The zero-order valence-electron chi connectivity index (χ0n) is 13.3. The van der Waals surface area contributed by atoms with Crippen LogP contribution in [0.3, 0.4) is 0 Å². The van der Waals surface area contributed by atoms with Crippen LogP contribution in [0.2, 0.25) is 0 Å². The number of aromatic nitrogens is 2. The Kier molecular flexibility index (Phi) is 3.11. The third-order valence-corrected chi connectivity index (χ3v) is 4.88. The second kappa shape index (κ2) is 5.05. The van der Waals surface area contributed by atoms with Gasteiger partial charge in [-0.1, -0.05) is 12.1 Å². The Morgan fingerprint density at radius 1 is 1.30 bits per heavy atom. The second-order valence-electron chi connectivity index (χ2n) is 6.47. The molecule has 1 saturated heterocycles. The van der Waals surface area contributed by atoms with Crippen molar-refractivity contribution in [1.29, 1.82) is 0 Å². The van der Waals surface area contributed by atoms with E-state index in [0.717, 1.165) is 36.3 Å². The van der Waals surface area contributed by atoms with E-state index in [1.54, 1.807) is 6.20 Å². The maximum atomic E-state index is 12.1. The number of aryl methyl sites for hydroxylation is 1. The molecular weight excluding hydrogens is 290 g/mol. The van der Waals surface area contributed by atoms with Gasteiger partial charge in [0.05, 0.1) is 0 Å². The van der Waals surface area contributed by atoms with Gasteiger partial charge in [0.15, 0.2) is 5.69 Å². The highest BCUT2D eigenvalue weighted by atomic mass is 16.6. The number of hydrogen-bond acceptors (Lipinski definition) is 5. The Balaban J connectivity index is 1.63. The standard InChI is InChI=1S/C18H19N3O2/c1-12-5-6-15(20-11-12)21-9-7-18(10-13(21)2)14-4-3-8-19-16(14)17(22)23-18/h3-6,8,11,13H,7,9-10H2,1-2H3. The average molecular weight is 309 g/mol. The summed E-state index contributed by atoms with van der Waals surface area (Å²) in [5, 5.41) is 0. The Hall–Kier alpha value is -2.43. The molecule has 118 valence electrons. The molecule has 0 amide bonds. The van der Waals surface area contributed by atoms with E-state index in [9.17, 15) is 4.79 Å². The van der Waals surface area contributed by atoms with Crippen LogP contribution in [0.5, 0.6) is 0 Å². The van der Waals surface area contributed by atoms with Crippen LogP contribution in [0, 0.1) is 6.92 Å². The quantitative estimate of drug-likeness (QED) is 0.758. The van der Waals surface area contributed by atoms with Crippen molar-refractivity contribution in [3.05, 3.63) is 53.5 Å². The van der Waals surface area contributed by atoms with E-state index in [-0.39, 0.29) is 12.0 Å². The lowest BCUT2D eigenvalue weighted by Crippen LogP contribution is -2.48. The summed E-state index contributed by atoms with van der Waals surface area (Å²) in [7, 11) is 0. The molecule has 2 unspecified atom stereocenters. The van der Waals surface area contributed by atoms with Gasteiger partial charge < -0.3 is 9.64 Å². The van der Waals surface area contributed by atoms with E-state index in [2.05, 4.69) is 33.9 Å². The minimum Gasteiger partial charge on any atom is -0.449 e. The molecular formula is C18H19N3O2. The van der Waals surface area contributed by atoms with Crippen LogP contribution < -0.4 is 4.90 Å². The van der Waals surface area contributed by atoms with Crippen molar-refractivity contribution < 1.29 is 9.53 Å². The summed E-state index contributed by atoms with van der Waals surface area (Å²) in [6, 6.07) is 8.22. The molecule has 1 fully saturated rings. The molecule has 2 aromatic rings. The first-order valence-electron chi connectivity index (χ1n) is 7.97. The van der Waals surface area contributed by atoms with Crippen LogP contribution in [0.25, 0.3) is 0 Å². The maximum Gasteiger partial charge on any atom is 0.358 e. The minimum absolute atomic E-state index is 0.234. The number of anilines is 1. The van der Waals surface area contributed by atoms with Gasteiger partial charge in [0.25, 0.3) is 0 Å². The third-order valence-electron chi connectivity index (χ3n) is 4.88. The molecule has 2 atom stereocenters. The van der Waals surface area contributed by atoms with Crippen LogP contribution in [-0.4, -0.2) is 28.5 Å². The van der Waals surface area contributed by atoms with Gasteiger partial charge in [0.1, 0.15) is 11.4 Å². The fraction of sp³-hybridized carbons (Fsp3) is 0.389. The number of rotatable bonds is 1. The zero-order valence-corrected chi connectivity index (χ0v) is 13.3. The number of ether oxygens (including phenoxy) is 1. The highest BCUT2D eigenvalue weighted by Gasteiger charge is 2.50. The Labute approximate surface area is 135 Å². The van der Waals surface area contributed by atoms with Gasteiger partial charge in [0, 0.05) is 43.4 Å². The molecule has 0 aromatic carbocycles. The monoisotopic (exact) mass is 309 g/mol. The van der Waals surface area contributed by atoms with E-state index >= 15 is 0 Å². The van der Waals surface area contributed by atoms with E-state index in [4.69, 9.17) is 4.74 Å². The highest BCUT2D eigenvalue weighted by molar-refractivity contribution is 5.92. The molecule has 4 rings (SSSR count). The number of fused-ring (bicyclic) bond motifs is 2. The topological polar surface area (TPSA) is 55.3 Å². The first-order valence-corrected chi connectivity index (χ1v) is 7.97. The second-order valence-corrected chi connectivity index (χ2v) is 6.47. The predicted molar refractivity (Wildman–Crippen MR) is 86.3 cm³/mol. The van der Waals surface area contributed by atoms with Crippen LogP contribution in [0.4, 0.5) is 5.82 Å². The van der Waals surface area contributed by atoms with Crippen molar-refractivity contribution >= 4 is 11.8 Å². The van der Waals surface area contributed by atoms with Crippen LogP contribution in [0.15, 0.2) is 36.7 Å². The molecule has 2 aromatic heterocycles. The highest BCUT2D eigenvalue weighted by Crippen LogP contribution is 2.45. The van der Waals surface area contributed by atoms with Gasteiger partial charge in [-0.3, -0.25) is 0 Å². The molecule has 5 heteroatoms. The number of pyridine rings is 2. The van der Waals surface area contributed by atoms with Crippen molar-refractivity contribution in [3.8, 4) is 0 Å². The summed E-state index contributed by atoms with van der Waals surface area (Å²) in [6.07, 6.45) is 5.06. The normalized spacial score (nSPS) is 26.3. The van der Waals surface area contributed by atoms with Crippen LogP contribution in [0.1, 0.15) is 41.4 Å². The molecule has 23 heavy (non-hydrogen) atoms. The summed E-state index contributed by atoms with van der Waals surface area (Å²) < 4.78 is 5.79. The van der Waals surface area contributed by atoms with Crippen molar-refractivity contribution in [2.24, 2.45) is 0 Å². The molecule has 2 aliphatic rings. The van der Waals surface area contributed by atoms with Crippen LogP contribution in [-0.2, 0) is 10.3 Å². The Morgan fingerprint density at radius 3 is 2.91 bits per heavy atom. The van der Waals surface area contributed by atoms with Gasteiger partial charge in [-0.05, 0) is 31.5 Å². The number of esters is 1. The average Bonchev–Trinajstić information content (AvgIpc) is 2.82. The summed E-state index contributed by atoms with van der Waals surface area (Å²) >= 11 is 0. The fourth-order valence-electron chi connectivity index (χ4n) is 3.73. The predicted octanol–water partition coefficient (Wildman–Crippen LogP) is 2.84. The zero-order chi connectivity index (χ0) is 16.0. The largest absolute Gasteiger partial charge is 0.449 e. The third kappa shape index (κ3) is 2.19. The van der Waals surface area contributed by atoms with Crippen molar-refractivity contribution in [3.63, 3.8) is 0 Å². The van der Waals surface area contributed by atoms with Crippen molar-refractivity contribution in [1.82, 2.24) is 9.97 Å². The molecule has 5 nitrogen and oxygen atoms in total. The van der Waals surface area contributed by atoms with E-state index < -0.39 is 5.60 Å². The Bertz CT molecular complexity index is 759. The summed E-state index contributed by atoms with van der Waals surface area (Å²) in [6.45, 7) is 5.00. The summed E-state index contributed by atoms with van der Waals surface area (Å²) in [5.74, 6) is 0.684. The first kappa shape index (κ1) is 14.2. The number of nitrogens with zero attached hydrogens (tertiary/aromatic N) is 3. The molecule has 0 radical (unpaired) electrons. The van der Waals surface area contributed by atoms with E-state index in [0.29, 0.717) is 5.69 Å². The van der Waals surface area contributed by atoms with E-state index in [1.165, 1.54) is 0 Å². The molecule has 4 heterocycles. The smallest absolute Gasteiger partial charge is 0.358 e. The summed E-state index contributed by atoms with van der Waals surface area (Å²) in [5.41, 5.74) is 2.04. The number of carbonyl (C=O) groups is 1. The molecule has 0 saturated carbocycles. The molecule has 0 bridgehead atoms. The number of piperidine rings is 1. The number of carbonyl (C=O) groups excluding carboxylic acids is 1. The van der Waals surface area contributed by atoms with Gasteiger partial charge in [-0.15, -0.1) is 0 Å². The van der Waals surface area contributed by atoms with Crippen molar-refractivity contribution in [2.45, 2.75) is 38.3 Å². The van der Waals surface area contributed by atoms with Crippen molar-refractivity contribution in [2.75, 3.05) is 11.4 Å². The SMILES string of the molecule is Cc1ccc(N2CCC3(CC2C)OC(=O)c2ncccc23)nc1. The molecule has 0 aliphatic carbocycles. The fourth-order valence-corrected chi connectivity index (χ4v) is 3.73. The van der Waals surface area contributed by atoms with Gasteiger partial charge in [-0.25, -0.2) is 14.8 Å². The summed E-state index contributed by atoms with van der Waals surface area (Å²) in [4.78, 5) is 23.1. The minimum atomic E-state index is -0.526.